The molecular weight excluding hydrogens is 314 g/mol. The number of likely N-dealkylation sites (tertiary alicyclic amines) is 1. The van der Waals surface area contributed by atoms with E-state index in [2.05, 4.69) is 12.2 Å². The highest BCUT2D eigenvalue weighted by Crippen LogP contribution is 2.23. The highest BCUT2D eigenvalue weighted by molar-refractivity contribution is 5.83. The third-order valence-corrected chi connectivity index (χ3v) is 4.79. The Morgan fingerprint density at radius 1 is 1.20 bits per heavy atom. The molecule has 1 aromatic carbocycles. The Balaban J connectivity index is 1.90. The van der Waals surface area contributed by atoms with Gasteiger partial charge in [0.1, 0.15) is 6.04 Å². The Morgan fingerprint density at radius 2 is 1.84 bits per heavy atom. The van der Waals surface area contributed by atoms with E-state index in [0.717, 1.165) is 31.2 Å². The van der Waals surface area contributed by atoms with E-state index in [1.807, 2.05) is 54.2 Å². The minimum absolute atomic E-state index is 0.141. The molecule has 2 rings (SSSR count). The Bertz CT molecular complexity index is 551. The van der Waals surface area contributed by atoms with E-state index in [1.54, 1.807) is 0 Å². The topological polar surface area (TPSA) is 52.7 Å². The number of rotatable bonds is 7. The monoisotopic (exact) mass is 345 g/mol. The summed E-state index contributed by atoms with van der Waals surface area (Å²) in [6, 6.07) is 9.86. The third-order valence-electron chi connectivity index (χ3n) is 4.79. The lowest BCUT2D eigenvalue weighted by Gasteiger charge is -2.36. The zero-order chi connectivity index (χ0) is 18.2. The van der Waals surface area contributed by atoms with Crippen molar-refractivity contribution in [2.75, 3.05) is 27.2 Å². The van der Waals surface area contributed by atoms with Crippen LogP contribution in [-0.4, -0.2) is 54.8 Å². The van der Waals surface area contributed by atoms with Crippen LogP contribution in [0.3, 0.4) is 0 Å². The van der Waals surface area contributed by atoms with E-state index in [-0.39, 0.29) is 23.9 Å². The van der Waals surface area contributed by atoms with Gasteiger partial charge >= 0.3 is 0 Å². The summed E-state index contributed by atoms with van der Waals surface area (Å²) >= 11 is 0. The van der Waals surface area contributed by atoms with Gasteiger partial charge in [-0.1, -0.05) is 43.7 Å². The lowest BCUT2D eigenvalue weighted by atomic mass is 10.0. The summed E-state index contributed by atoms with van der Waals surface area (Å²) in [5, 5.41) is 3.11. The van der Waals surface area contributed by atoms with Gasteiger partial charge in [0.05, 0.1) is 0 Å². The predicted octanol–water partition coefficient (Wildman–Crippen LogP) is 2.59. The minimum atomic E-state index is -0.253. The number of amides is 2. The molecule has 5 heteroatoms. The highest BCUT2D eigenvalue weighted by Gasteiger charge is 2.30. The molecule has 1 fully saturated rings. The standard InChI is InChI=1S/C20H31N3O2/c1-4-5-11-18(24)21-17-12-14-23(15-13-17)20(25)19(22(2)3)16-9-7-6-8-10-16/h6-10,17,19H,4-5,11-15H2,1-3H3,(H,21,24)/t19-/m0/s1. The van der Waals surface area contributed by atoms with Gasteiger partial charge in [-0.25, -0.2) is 0 Å². The summed E-state index contributed by atoms with van der Waals surface area (Å²) in [6.45, 7) is 3.49. The number of piperidine rings is 1. The average Bonchev–Trinajstić information content (AvgIpc) is 2.61. The maximum Gasteiger partial charge on any atom is 0.244 e. The van der Waals surface area contributed by atoms with Crippen molar-refractivity contribution in [3.8, 4) is 0 Å². The molecule has 1 N–H and O–H groups in total. The van der Waals surface area contributed by atoms with Crippen LogP contribution in [0.15, 0.2) is 30.3 Å². The second kappa shape index (κ2) is 9.56. The van der Waals surface area contributed by atoms with Crippen molar-refractivity contribution in [3.63, 3.8) is 0 Å². The SMILES string of the molecule is CCCCC(=O)NC1CCN(C(=O)[C@H](c2ccccc2)N(C)C)CC1. The van der Waals surface area contributed by atoms with E-state index in [4.69, 9.17) is 0 Å². The third kappa shape index (κ3) is 5.56. The second-order valence-electron chi connectivity index (χ2n) is 7.05. The van der Waals surface area contributed by atoms with Gasteiger partial charge in [-0.3, -0.25) is 14.5 Å². The molecule has 1 aliphatic heterocycles. The first kappa shape index (κ1) is 19.4. The Labute approximate surface area is 151 Å². The number of likely N-dealkylation sites (N-methyl/N-ethyl adjacent to an activating group) is 1. The maximum absolute atomic E-state index is 13.0. The van der Waals surface area contributed by atoms with Crippen molar-refractivity contribution >= 4 is 11.8 Å². The molecule has 0 saturated carbocycles. The summed E-state index contributed by atoms with van der Waals surface area (Å²) in [5.41, 5.74) is 1.02. The van der Waals surface area contributed by atoms with Crippen molar-refractivity contribution < 1.29 is 9.59 Å². The largest absolute Gasteiger partial charge is 0.353 e. The van der Waals surface area contributed by atoms with Crippen molar-refractivity contribution in [1.29, 1.82) is 0 Å². The molecule has 5 nitrogen and oxygen atoms in total. The zero-order valence-electron chi connectivity index (χ0n) is 15.7. The lowest BCUT2D eigenvalue weighted by Crippen LogP contribution is -2.49. The Hall–Kier alpha value is -1.88. The molecule has 1 aliphatic rings. The van der Waals surface area contributed by atoms with Crippen molar-refractivity contribution in [2.45, 2.75) is 51.1 Å². The molecule has 0 aromatic heterocycles. The quantitative estimate of drug-likeness (QED) is 0.826. The van der Waals surface area contributed by atoms with Crippen LogP contribution in [0.2, 0.25) is 0 Å². The number of benzene rings is 1. The molecule has 0 unspecified atom stereocenters. The van der Waals surface area contributed by atoms with E-state index in [1.165, 1.54) is 0 Å². The number of hydrogen-bond donors (Lipinski definition) is 1. The first-order chi connectivity index (χ1) is 12.0. The summed E-state index contributed by atoms with van der Waals surface area (Å²) < 4.78 is 0. The van der Waals surface area contributed by atoms with E-state index >= 15 is 0 Å². The molecular formula is C20H31N3O2. The number of carbonyl (C=O) groups excluding carboxylic acids is 2. The van der Waals surface area contributed by atoms with Gasteiger partial charge in [0.2, 0.25) is 11.8 Å². The normalized spacial score (nSPS) is 16.7. The minimum Gasteiger partial charge on any atom is -0.353 e. The molecule has 1 atom stereocenters. The van der Waals surface area contributed by atoms with E-state index in [9.17, 15) is 9.59 Å². The van der Waals surface area contributed by atoms with Gasteiger partial charge in [-0.2, -0.15) is 0 Å². The van der Waals surface area contributed by atoms with Crippen LogP contribution in [0.5, 0.6) is 0 Å². The van der Waals surface area contributed by atoms with Crippen LogP contribution in [-0.2, 0) is 9.59 Å². The van der Waals surface area contributed by atoms with Crippen LogP contribution in [0.25, 0.3) is 0 Å². The fraction of sp³-hybridized carbons (Fsp3) is 0.600. The molecule has 0 bridgehead atoms. The van der Waals surface area contributed by atoms with Crippen LogP contribution in [0.4, 0.5) is 0 Å². The molecule has 1 heterocycles. The van der Waals surface area contributed by atoms with Crippen molar-refractivity contribution in [3.05, 3.63) is 35.9 Å². The summed E-state index contributed by atoms with van der Waals surface area (Å²) in [4.78, 5) is 28.8. The van der Waals surface area contributed by atoms with Crippen LogP contribution in [0, 0.1) is 0 Å². The lowest BCUT2D eigenvalue weighted by molar-refractivity contribution is -0.137. The molecule has 1 aromatic rings. The summed E-state index contributed by atoms with van der Waals surface area (Å²) in [6.07, 6.45) is 4.24. The molecule has 138 valence electrons. The Morgan fingerprint density at radius 3 is 2.40 bits per heavy atom. The predicted molar refractivity (Wildman–Crippen MR) is 100 cm³/mol. The van der Waals surface area contributed by atoms with E-state index < -0.39 is 0 Å². The number of carbonyl (C=O) groups is 2. The summed E-state index contributed by atoms with van der Waals surface area (Å²) in [5.74, 6) is 0.286. The van der Waals surface area contributed by atoms with Gasteiger partial charge in [0.25, 0.3) is 0 Å². The second-order valence-corrected chi connectivity index (χ2v) is 7.05. The van der Waals surface area contributed by atoms with E-state index in [0.29, 0.717) is 19.5 Å². The first-order valence-electron chi connectivity index (χ1n) is 9.32. The highest BCUT2D eigenvalue weighted by atomic mass is 16.2. The molecule has 25 heavy (non-hydrogen) atoms. The fourth-order valence-electron chi connectivity index (χ4n) is 3.35. The van der Waals surface area contributed by atoms with Crippen molar-refractivity contribution in [1.82, 2.24) is 15.1 Å². The van der Waals surface area contributed by atoms with Crippen LogP contribution < -0.4 is 5.32 Å². The number of nitrogens with one attached hydrogen (secondary N) is 1. The smallest absolute Gasteiger partial charge is 0.244 e. The molecule has 0 spiro atoms. The van der Waals surface area contributed by atoms with Gasteiger partial charge in [-0.05, 0) is 38.9 Å². The number of nitrogens with zero attached hydrogens (tertiary/aromatic N) is 2. The van der Waals surface area contributed by atoms with Crippen LogP contribution >= 0.6 is 0 Å². The van der Waals surface area contributed by atoms with Gasteiger partial charge in [-0.15, -0.1) is 0 Å². The molecule has 2 amide bonds. The maximum atomic E-state index is 13.0. The van der Waals surface area contributed by atoms with Crippen molar-refractivity contribution in [2.24, 2.45) is 0 Å². The first-order valence-corrected chi connectivity index (χ1v) is 9.32. The zero-order valence-corrected chi connectivity index (χ0v) is 15.7. The average molecular weight is 345 g/mol. The number of hydrogen-bond acceptors (Lipinski definition) is 3. The van der Waals surface area contributed by atoms with Gasteiger partial charge < -0.3 is 10.2 Å². The van der Waals surface area contributed by atoms with Crippen LogP contribution in [0.1, 0.15) is 50.6 Å². The Kier molecular flexibility index (Phi) is 7.44. The fourth-order valence-corrected chi connectivity index (χ4v) is 3.35. The molecule has 0 radical (unpaired) electrons. The molecule has 1 saturated heterocycles. The van der Waals surface area contributed by atoms with Gasteiger partial charge in [0, 0.05) is 25.6 Å². The number of unbranched alkanes of at least 4 members (excludes halogenated alkanes) is 1. The molecule has 0 aliphatic carbocycles. The summed E-state index contributed by atoms with van der Waals surface area (Å²) in [7, 11) is 3.88. The van der Waals surface area contributed by atoms with Gasteiger partial charge in [0.15, 0.2) is 0 Å².